The topological polar surface area (TPSA) is 76.7 Å². The van der Waals surface area contributed by atoms with Gasteiger partial charge in [0.25, 0.3) is 11.8 Å². The lowest BCUT2D eigenvalue weighted by atomic mass is 10.1. The number of benzene rings is 2. The van der Waals surface area contributed by atoms with Crippen molar-refractivity contribution in [1.29, 1.82) is 0 Å². The van der Waals surface area contributed by atoms with Crippen molar-refractivity contribution in [3.63, 3.8) is 0 Å². The molecule has 0 spiro atoms. The molecule has 2 rings (SSSR count). The molecule has 0 saturated carbocycles. The molecule has 0 aromatic heterocycles. The summed E-state index contributed by atoms with van der Waals surface area (Å²) in [6.07, 6.45) is -0.0651. The monoisotopic (exact) mass is 356 g/mol. The van der Waals surface area contributed by atoms with E-state index in [1.54, 1.807) is 24.3 Å². The summed E-state index contributed by atoms with van der Waals surface area (Å²) < 4.78 is 11.1. The van der Waals surface area contributed by atoms with E-state index in [9.17, 15) is 9.59 Å². The number of aryl methyl sites for hydroxylation is 2. The normalized spacial score (nSPS) is 10.3. The van der Waals surface area contributed by atoms with E-state index in [0.717, 1.165) is 11.1 Å². The van der Waals surface area contributed by atoms with Gasteiger partial charge in [0.1, 0.15) is 11.5 Å². The van der Waals surface area contributed by atoms with Crippen LogP contribution in [0.1, 0.15) is 35.3 Å². The van der Waals surface area contributed by atoms with Gasteiger partial charge in [0.2, 0.25) is 0 Å². The fourth-order valence-electron chi connectivity index (χ4n) is 2.35. The van der Waals surface area contributed by atoms with E-state index in [1.807, 2.05) is 45.9 Å². The maximum Gasteiger partial charge on any atom is 0.276 e. The molecule has 6 nitrogen and oxygen atoms in total. The number of carbonyl (C=O) groups excluding carboxylic acids is 2. The minimum atomic E-state index is -0.458. The predicted octanol–water partition coefficient (Wildman–Crippen LogP) is 2.93. The molecule has 0 fully saturated rings. The van der Waals surface area contributed by atoms with Crippen LogP contribution in [0.2, 0.25) is 0 Å². The molecular weight excluding hydrogens is 332 g/mol. The Bertz CT molecular complexity index is 787. The summed E-state index contributed by atoms with van der Waals surface area (Å²) >= 11 is 0. The van der Waals surface area contributed by atoms with Crippen LogP contribution in [0, 0.1) is 13.8 Å². The number of ether oxygens (including phenoxy) is 2. The van der Waals surface area contributed by atoms with Gasteiger partial charge in [-0.3, -0.25) is 20.4 Å². The quantitative estimate of drug-likeness (QED) is 0.780. The lowest BCUT2D eigenvalue weighted by Crippen LogP contribution is -2.44. The maximum atomic E-state index is 12.3. The summed E-state index contributed by atoms with van der Waals surface area (Å²) in [7, 11) is 0. The van der Waals surface area contributed by atoms with Crippen LogP contribution in [0.5, 0.6) is 11.5 Å². The van der Waals surface area contributed by atoms with Crippen molar-refractivity contribution in [3.05, 3.63) is 59.2 Å². The second kappa shape index (κ2) is 8.89. The van der Waals surface area contributed by atoms with E-state index in [2.05, 4.69) is 10.9 Å². The first kappa shape index (κ1) is 19.3. The third-order valence-corrected chi connectivity index (χ3v) is 3.50. The van der Waals surface area contributed by atoms with E-state index < -0.39 is 11.8 Å². The van der Waals surface area contributed by atoms with Gasteiger partial charge in [-0.1, -0.05) is 29.8 Å². The SMILES string of the molecule is Cc1ccc(OCC(=O)NNC(=O)c2ccccc2OC(C)C)c(C)c1. The molecule has 2 amide bonds. The van der Waals surface area contributed by atoms with E-state index in [-0.39, 0.29) is 12.7 Å². The molecule has 2 N–H and O–H groups in total. The Labute approximate surface area is 153 Å². The highest BCUT2D eigenvalue weighted by atomic mass is 16.5. The molecule has 0 radical (unpaired) electrons. The van der Waals surface area contributed by atoms with Crippen LogP contribution < -0.4 is 20.3 Å². The van der Waals surface area contributed by atoms with Crippen LogP contribution in [-0.2, 0) is 4.79 Å². The van der Waals surface area contributed by atoms with Crippen LogP contribution >= 0.6 is 0 Å². The molecule has 26 heavy (non-hydrogen) atoms. The Kier molecular flexibility index (Phi) is 6.60. The zero-order valence-electron chi connectivity index (χ0n) is 15.5. The molecule has 0 saturated heterocycles. The largest absolute Gasteiger partial charge is 0.490 e. The number of hydrogen-bond donors (Lipinski definition) is 2. The van der Waals surface area contributed by atoms with Crippen molar-refractivity contribution in [1.82, 2.24) is 10.9 Å². The van der Waals surface area contributed by atoms with E-state index in [4.69, 9.17) is 9.47 Å². The van der Waals surface area contributed by atoms with Crippen LogP contribution in [-0.4, -0.2) is 24.5 Å². The molecule has 0 aliphatic rings. The van der Waals surface area contributed by atoms with E-state index >= 15 is 0 Å². The highest BCUT2D eigenvalue weighted by Crippen LogP contribution is 2.19. The Morgan fingerprint density at radius 2 is 1.73 bits per heavy atom. The summed E-state index contributed by atoms with van der Waals surface area (Å²) in [5.41, 5.74) is 7.13. The molecule has 0 aliphatic carbocycles. The van der Waals surface area contributed by atoms with Crippen molar-refractivity contribution >= 4 is 11.8 Å². The minimum absolute atomic E-state index is 0.0651. The number of carbonyl (C=O) groups is 2. The van der Waals surface area contributed by atoms with Crippen molar-refractivity contribution in [2.45, 2.75) is 33.8 Å². The number of hydrazine groups is 1. The van der Waals surface area contributed by atoms with Gasteiger partial charge in [-0.05, 0) is 51.5 Å². The van der Waals surface area contributed by atoms with Gasteiger partial charge in [-0.2, -0.15) is 0 Å². The molecule has 2 aromatic rings. The molecular formula is C20H24N2O4. The molecule has 0 heterocycles. The lowest BCUT2D eigenvalue weighted by Gasteiger charge is -2.14. The number of rotatable bonds is 6. The summed E-state index contributed by atoms with van der Waals surface area (Å²) in [5.74, 6) is 0.176. The minimum Gasteiger partial charge on any atom is -0.490 e. The fourth-order valence-corrected chi connectivity index (χ4v) is 2.35. The third-order valence-electron chi connectivity index (χ3n) is 3.50. The average Bonchev–Trinajstić information content (AvgIpc) is 2.59. The van der Waals surface area contributed by atoms with Crippen LogP contribution in [0.25, 0.3) is 0 Å². The summed E-state index contributed by atoms with van der Waals surface area (Å²) in [6, 6.07) is 12.5. The van der Waals surface area contributed by atoms with Gasteiger partial charge in [-0.25, -0.2) is 0 Å². The van der Waals surface area contributed by atoms with Gasteiger partial charge in [0.05, 0.1) is 11.7 Å². The first-order valence-corrected chi connectivity index (χ1v) is 8.41. The Balaban J connectivity index is 1.88. The third kappa shape index (κ3) is 5.51. The van der Waals surface area contributed by atoms with E-state index in [1.165, 1.54) is 0 Å². The highest BCUT2D eigenvalue weighted by molar-refractivity contribution is 5.97. The zero-order valence-corrected chi connectivity index (χ0v) is 15.5. The molecule has 138 valence electrons. The van der Waals surface area contributed by atoms with E-state index in [0.29, 0.717) is 17.1 Å². The number of amides is 2. The molecule has 2 aromatic carbocycles. The molecule has 0 aliphatic heterocycles. The molecule has 0 atom stereocenters. The average molecular weight is 356 g/mol. The number of hydrogen-bond acceptors (Lipinski definition) is 4. The summed E-state index contributed by atoms with van der Waals surface area (Å²) in [6.45, 7) is 7.45. The Morgan fingerprint density at radius 3 is 2.42 bits per heavy atom. The predicted molar refractivity (Wildman–Crippen MR) is 99.2 cm³/mol. The molecule has 0 bridgehead atoms. The molecule has 6 heteroatoms. The van der Waals surface area contributed by atoms with Crippen molar-refractivity contribution in [2.75, 3.05) is 6.61 Å². The van der Waals surface area contributed by atoms with Crippen molar-refractivity contribution < 1.29 is 19.1 Å². The summed E-state index contributed by atoms with van der Waals surface area (Å²) in [5, 5.41) is 0. The van der Waals surface area contributed by atoms with Gasteiger partial charge < -0.3 is 9.47 Å². The van der Waals surface area contributed by atoms with Gasteiger partial charge in [-0.15, -0.1) is 0 Å². The van der Waals surface area contributed by atoms with Gasteiger partial charge in [0, 0.05) is 0 Å². The fraction of sp³-hybridized carbons (Fsp3) is 0.300. The maximum absolute atomic E-state index is 12.3. The second-order valence-electron chi connectivity index (χ2n) is 6.22. The van der Waals surface area contributed by atoms with Crippen LogP contribution in [0.15, 0.2) is 42.5 Å². The van der Waals surface area contributed by atoms with Gasteiger partial charge >= 0.3 is 0 Å². The zero-order chi connectivity index (χ0) is 19.1. The van der Waals surface area contributed by atoms with Crippen molar-refractivity contribution in [3.8, 4) is 11.5 Å². The first-order chi connectivity index (χ1) is 12.4. The lowest BCUT2D eigenvalue weighted by molar-refractivity contribution is -0.123. The smallest absolute Gasteiger partial charge is 0.276 e. The van der Waals surface area contributed by atoms with Crippen LogP contribution in [0.3, 0.4) is 0 Å². The first-order valence-electron chi connectivity index (χ1n) is 8.41. The molecule has 0 unspecified atom stereocenters. The van der Waals surface area contributed by atoms with Gasteiger partial charge in [0.15, 0.2) is 6.61 Å². The standard InChI is InChI=1S/C20H24N2O4/c1-13(2)26-18-8-6-5-7-16(18)20(24)22-21-19(23)12-25-17-10-9-14(3)11-15(17)4/h5-11,13H,12H2,1-4H3,(H,21,23)(H,22,24). The second-order valence-corrected chi connectivity index (χ2v) is 6.22. The summed E-state index contributed by atoms with van der Waals surface area (Å²) in [4.78, 5) is 24.2. The van der Waals surface area contributed by atoms with Crippen LogP contribution in [0.4, 0.5) is 0 Å². The Hall–Kier alpha value is -3.02. The highest BCUT2D eigenvalue weighted by Gasteiger charge is 2.14. The number of nitrogens with one attached hydrogen (secondary N) is 2. The van der Waals surface area contributed by atoms with Crippen molar-refractivity contribution in [2.24, 2.45) is 0 Å². The number of para-hydroxylation sites is 1. The Morgan fingerprint density at radius 1 is 1.00 bits per heavy atom.